The van der Waals surface area contributed by atoms with E-state index in [9.17, 15) is 20.2 Å². The van der Waals surface area contributed by atoms with E-state index in [4.69, 9.17) is 16.0 Å². The van der Waals surface area contributed by atoms with Gasteiger partial charge in [0.2, 0.25) is 0 Å². The Labute approximate surface area is 171 Å². The van der Waals surface area contributed by atoms with E-state index in [0.717, 1.165) is 0 Å². The molecular weight excluding hydrogens is 394 g/mol. The molecule has 0 unspecified atom stereocenters. The van der Waals surface area contributed by atoms with Crippen molar-refractivity contribution in [3.05, 3.63) is 86.6 Å². The second-order valence-electron chi connectivity index (χ2n) is 6.04. The highest BCUT2D eigenvalue weighted by Gasteiger charge is 2.14. The van der Waals surface area contributed by atoms with Gasteiger partial charge in [0.15, 0.2) is 0 Å². The number of hydrogen-bond donors (Lipinski definition) is 1. The molecule has 0 aliphatic heterocycles. The quantitative estimate of drug-likeness (QED) is 0.265. The fourth-order valence-corrected chi connectivity index (χ4v) is 2.73. The molecule has 7 nitrogen and oxygen atoms in total. The van der Waals surface area contributed by atoms with E-state index in [1.807, 2.05) is 6.07 Å². The van der Waals surface area contributed by atoms with E-state index in [2.05, 4.69) is 5.32 Å². The maximum Gasteiger partial charge on any atom is 0.269 e. The largest absolute Gasteiger partial charge is 0.457 e. The van der Waals surface area contributed by atoms with Crippen molar-refractivity contribution in [1.82, 2.24) is 0 Å². The van der Waals surface area contributed by atoms with Crippen molar-refractivity contribution in [1.29, 1.82) is 5.26 Å². The number of rotatable bonds is 5. The molecule has 29 heavy (non-hydrogen) atoms. The zero-order chi connectivity index (χ0) is 21.0. The van der Waals surface area contributed by atoms with Crippen LogP contribution < -0.4 is 5.32 Å². The molecule has 1 aromatic heterocycles. The van der Waals surface area contributed by atoms with Gasteiger partial charge in [0.1, 0.15) is 23.2 Å². The smallest absolute Gasteiger partial charge is 0.269 e. The van der Waals surface area contributed by atoms with Crippen LogP contribution in [0.15, 0.2) is 64.6 Å². The van der Waals surface area contributed by atoms with Crippen LogP contribution in [0.25, 0.3) is 17.4 Å². The lowest BCUT2D eigenvalue weighted by molar-refractivity contribution is -0.384. The molecule has 1 amide bonds. The molecule has 0 fully saturated rings. The number of carbonyl (C=O) groups is 1. The number of nitro groups is 1. The summed E-state index contributed by atoms with van der Waals surface area (Å²) in [5.41, 5.74) is 1.66. The molecule has 0 spiro atoms. The van der Waals surface area contributed by atoms with Gasteiger partial charge in [0.25, 0.3) is 11.6 Å². The highest BCUT2D eigenvalue weighted by Crippen LogP contribution is 2.26. The van der Waals surface area contributed by atoms with Gasteiger partial charge in [-0.15, -0.1) is 0 Å². The van der Waals surface area contributed by atoms with Crippen LogP contribution in [0, 0.1) is 28.4 Å². The van der Waals surface area contributed by atoms with Gasteiger partial charge in [-0.1, -0.05) is 17.7 Å². The zero-order valence-electron chi connectivity index (χ0n) is 15.2. The SMILES string of the molecule is Cc1c(Cl)cccc1NC(=O)/C(C#N)=C/c1ccc(-c2ccc([N+](=O)[O-])cc2)o1. The fourth-order valence-electron chi connectivity index (χ4n) is 2.56. The molecule has 0 atom stereocenters. The number of halogens is 1. The van der Waals surface area contributed by atoms with Crippen molar-refractivity contribution in [2.75, 3.05) is 5.32 Å². The number of anilines is 1. The molecule has 144 valence electrons. The van der Waals surface area contributed by atoms with Crippen molar-refractivity contribution in [2.24, 2.45) is 0 Å². The van der Waals surface area contributed by atoms with Crippen LogP contribution >= 0.6 is 11.6 Å². The van der Waals surface area contributed by atoms with Gasteiger partial charge in [0, 0.05) is 34.5 Å². The van der Waals surface area contributed by atoms with Gasteiger partial charge in [-0.3, -0.25) is 14.9 Å². The number of amides is 1. The second-order valence-corrected chi connectivity index (χ2v) is 6.45. The lowest BCUT2D eigenvalue weighted by Gasteiger charge is -2.08. The number of furan rings is 1. The minimum atomic E-state index is -0.592. The first-order valence-corrected chi connectivity index (χ1v) is 8.80. The van der Waals surface area contributed by atoms with Crippen molar-refractivity contribution < 1.29 is 14.1 Å². The molecule has 1 heterocycles. The maximum atomic E-state index is 12.4. The Hall–Kier alpha value is -3.89. The molecule has 0 saturated heterocycles. The topological polar surface area (TPSA) is 109 Å². The number of hydrogen-bond acceptors (Lipinski definition) is 5. The molecule has 0 aliphatic rings. The first-order chi connectivity index (χ1) is 13.9. The van der Waals surface area contributed by atoms with Crippen LogP contribution in [0.2, 0.25) is 5.02 Å². The van der Waals surface area contributed by atoms with Crippen LogP contribution in [0.4, 0.5) is 11.4 Å². The first-order valence-electron chi connectivity index (χ1n) is 8.42. The van der Waals surface area contributed by atoms with Crippen LogP contribution in [0.3, 0.4) is 0 Å². The molecule has 1 N–H and O–H groups in total. The number of nitrogens with zero attached hydrogens (tertiary/aromatic N) is 2. The van der Waals surface area contributed by atoms with Gasteiger partial charge in [0.05, 0.1) is 4.92 Å². The molecule has 0 bridgehead atoms. The van der Waals surface area contributed by atoms with Crippen LogP contribution in [0.5, 0.6) is 0 Å². The Morgan fingerprint density at radius 3 is 2.59 bits per heavy atom. The van der Waals surface area contributed by atoms with E-state index in [-0.39, 0.29) is 11.3 Å². The lowest BCUT2D eigenvalue weighted by atomic mass is 10.1. The van der Waals surface area contributed by atoms with Gasteiger partial charge >= 0.3 is 0 Å². The van der Waals surface area contributed by atoms with Crippen molar-refractivity contribution in [3.8, 4) is 17.4 Å². The predicted molar refractivity (Wildman–Crippen MR) is 109 cm³/mol. The van der Waals surface area contributed by atoms with Crippen LogP contribution in [0.1, 0.15) is 11.3 Å². The minimum absolute atomic E-state index is 0.0276. The Bertz CT molecular complexity index is 1160. The second kappa shape index (κ2) is 8.42. The Balaban J connectivity index is 1.81. The Morgan fingerprint density at radius 1 is 1.21 bits per heavy atom. The van der Waals surface area contributed by atoms with Gasteiger partial charge in [-0.25, -0.2) is 0 Å². The predicted octanol–water partition coefficient (Wildman–Crippen LogP) is 5.36. The monoisotopic (exact) mass is 407 g/mol. The summed E-state index contributed by atoms with van der Waals surface area (Å²) >= 11 is 6.05. The third-order valence-corrected chi connectivity index (χ3v) is 4.57. The summed E-state index contributed by atoms with van der Waals surface area (Å²) in [6, 6.07) is 16.1. The number of carbonyl (C=O) groups excluding carboxylic acids is 1. The van der Waals surface area contributed by atoms with Gasteiger partial charge in [-0.2, -0.15) is 5.26 Å². The standard InChI is InChI=1S/C21H14ClN3O4/c1-13-18(22)3-2-4-19(13)24-21(26)15(12-23)11-17-9-10-20(29-17)14-5-7-16(8-6-14)25(27)28/h2-11H,1H3,(H,24,26)/b15-11+. The maximum absolute atomic E-state index is 12.4. The van der Waals surface area contributed by atoms with Gasteiger partial charge in [-0.05, 0) is 48.9 Å². The van der Waals surface area contributed by atoms with Gasteiger partial charge < -0.3 is 9.73 Å². The van der Waals surface area contributed by atoms with Crippen molar-refractivity contribution in [3.63, 3.8) is 0 Å². The number of nitro benzene ring substituents is 1. The van der Waals surface area contributed by atoms with E-state index in [1.54, 1.807) is 49.4 Å². The summed E-state index contributed by atoms with van der Waals surface area (Å²) in [6.07, 6.45) is 1.32. The van der Waals surface area contributed by atoms with E-state index in [0.29, 0.717) is 33.4 Å². The number of non-ortho nitro benzene ring substituents is 1. The molecule has 0 saturated carbocycles. The fraction of sp³-hybridized carbons (Fsp3) is 0.0476. The Morgan fingerprint density at radius 2 is 1.93 bits per heavy atom. The average Bonchev–Trinajstić information content (AvgIpc) is 3.18. The lowest BCUT2D eigenvalue weighted by Crippen LogP contribution is -2.14. The van der Waals surface area contributed by atoms with Crippen LogP contribution in [-0.4, -0.2) is 10.8 Å². The third-order valence-electron chi connectivity index (χ3n) is 4.16. The molecule has 2 aromatic carbocycles. The Kier molecular flexibility index (Phi) is 5.77. The van der Waals surface area contributed by atoms with Crippen molar-refractivity contribution in [2.45, 2.75) is 6.92 Å². The van der Waals surface area contributed by atoms with Crippen molar-refractivity contribution >= 4 is 35.0 Å². The molecule has 0 aliphatic carbocycles. The van der Waals surface area contributed by atoms with E-state index >= 15 is 0 Å². The molecule has 0 radical (unpaired) electrons. The number of nitrogens with one attached hydrogen (secondary N) is 1. The number of benzene rings is 2. The third kappa shape index (κ3) is 4.51. The summed E-state index contributed by atoms with van der Waals surface area (Å²) in [5, 5.41) is 23.3. The molecular formula is C21H14ClN3O4. The molecule has 3 aromatic rings. The molecule has 3 rings (SSSR count). The summed E-state index contributed by atoms with van der Waals surface area (Å²) in [6.45, 7) is 1.76. The minimum Gasteiger partial charge on any atom is -0.457 e. The average molecular weight is 408 g/mol. The van der Waals surface area contributed by atoms with E-state index in [1.165, 1.54) is 18.2 Å². The number of nitriles is 1. The highest BCUT2D eigenvalue weighted by molar-refractivity contribution is 6.31. The first kappa shape index (κ1) is 19.9. The highest BCUT2D eigenvalue weighted by atomic mass is 35.5. The van der Waals surface area contributed by atoms with E-state index < -0.39 is 10.8 Å². The summed E-state index contributed by atoms with van der Waals surface area (Å²) < 4.78 is 5.65. The molecule has 8 heteroatoms. The zero-order valence-corrected chi connectivity index (χ0v) is 15.9. The summed E-state index contributed by atoms with van der Waals surface area (Å²) in [4.78, 5) is 22.7. The van der Waals surface area contributed by atoms with Crippen LogP contribution in [-0.2, 0) is 4.79 Å². The summed E-state index contributed by atoms with van der Waals surface area (Å²) in [5.74, 6) is 0.161. The summed E-state index contributed by atoms with van der Waals surface area (Å²) in [7, 11) is 0. The normalized spacial score (nSPS) is 11.0.